The molecule has 4 nitrogen and oxygen atoms in total. The number of carbonyl (C=O) groups is 2. The Morgan fingerprint density at radius 3 is 2.68 bits per heavy atom. The molecule has 1 fully saturated rings. The van der Waals surface area contributed by atoms with Crippen LogP contribution in [0.4, 0.5) is 0 Å². The minimum atomic E-state index is -0.437. The fourth-order valence-electron chi connectivity index (χ4n) is 2.94. The van der Waals surface area contributed by atoms with Crippen molar-refractivity contribution in [2.75, 3.05) is 6.61 Å². The van der Waals surface area contributed by atoms with Crippen LogP contribution in [-0.2, 0) is 9.53 Å². The molecule has 0 aromatic heterocycles. The molecule has 1 amide bonds. The molecule has 0 radical (unpaired) electrons. The van der Waals surface area contributed by atoms with Crippen molar-refractivity contribution < 1.29 is 14.3 Å². The van der Waals surface area contributed by atoms with E-state index in [-0.39, 0.29) is 18.6 Å². The van der Waals surface area contributed by atoms with Crippen molar-refractivity contribution in [2.45, 2.75) is 52.5 Å². The molecule has 0 aliphatic heterocycles. The van der Waals surface area contributed by atoms with E-state index in [1.165, 1.54) is 6.42 Å². The Hall–Kier alpha value is -1.84. The molecule has 2 atom stereocenters. The Balaban J connectivity index is 1.85. The zero-order chi connectivity index (χ0) is 16.1. The summed E-state index contributed by atoms with van der Waals surface area (Å²) in [6.07, 6.45) is 4.54. The molecule has 1 N–H and O–H groups in total. The van der Waals surface area contributed by atoms with Crippen molar-refractivity contribution >= 4 is 11.9 Å². The molecule has 1 aliphatic rings. The normalized spacial score (nSPS) is 21.2. The molecule has 0 heterocycles. The monoisotopic (exact) mass is 303 g/mol. The first-order chi connectivity index (χ1) is 10.5. The highest BCUT2D eigenvalue weighted by molar-refractivity contribution is 5.92. The molecular weight excluding hydrogens is 278 g/mol. The predicted octanol–water partition coefficient (Wildman–Crippen LogP) is 3.16. The van der Waals surface area contributed by atoms with Crippen LogP contribution >= 0.6 is 0 Å². The molecule has 1 aromatic carbocycles. The number of hydrogen-bond donors (Lipinski definition) is 1. The standard InChI is InChI=1S/C18H25NO3/c1-12-8-9-13(2)15(10-12)18(21)22-11-17(20)19-16-7-5-4-6-14(16)3/h8-10,14,16H,4-7,11H2,1-3H3,(H,19,20)/t14-,16+/m0/s1. The molecule has 1 aliphatic carbocycles. The SMILES string of the molecule is Cc1ccc(C)c(C(=O)OCC(=O)N[C@@H]2CCCC[C@@H]2C)c1. The van der Waals surface area contributed by atoms with Gasteiger partial charge >= 0.3 is 5.97 Å². The van der Waals surface area contributed by atoms with Crippen molar-refractivity contribution in [2.24, 2.45) is 5.92 Å². The Labute approximate surface area is 132 Å². The van der Waals surface area contributed by atoms with Gasteiger partial charge in [0.15, 0.2) is 6.61 Å². The van der Waals surface area contributed by atoms with Crippen molar-refractivity contribution in [3.63, 3.8) is 0 Å². The second-order valence-corrected chi connectivity index (χ2v) is 6.33. The van der Waals surface area contributed by atoms with Gasteiger partial charge in [0.2, 0.25) is 0 Å². The van der Waals surface area contributed by atoms with E-state index in [9.17, 15) is 9.59 Å². The van der Waals surface area contributed by atoms with Crippen LogP contribution in [0.5, 0.6) is 0 Å². The third-order valence-corrected chi connectivity index (χ3v) is 4.41. The lowest BCUT2D eigenvalue weighted by Crippen LogP contribution is -2.42. The topological polar surface area (TPSA) is 55.4 Å². The van der Waals surface area contributed by atoms with E-state index in [2.05, 4.69) is 12.2 Å². The second kappa shape index (κ2) is 7.43. The largest absolute Gasteiger partial charge is 0.452 e. The van der Waals surface area contributed by atoms with Gasteiger partial charge in [-0.05, 0) is 44.2 Å². The summed E-state index contributed by atoms with van der Waals surface area (Å²) in [5, 5.41) is 2.99. The fraction of sp³-hybridized carbons (Fsp3) is 0.556. The quantitative estimate of drug-likeness (QED) is 0.869. The number of esters is 1. The molecule has 1 saturated carbocycles. The number of hydrogen-bond acceptors (Lipinski definition) is 3. The number of benzene rings is 1. The Morgan fingerprint density at radius 1 is 1.23 bits per heavy atom. The maximum Gasteiger partial charge on any atom is 0.338 e. The first kappa shape index (κ1) is 16.5. The predicted molar refractivity (Wildman–Crippen MR) is 85.8 cm³/mol. The number of amides is 1. The van der Waals surface area contributed by atoms with Gasteiger partial charge in [-0.3, -0.25) is 4.79 Å². The summed E-state index contributed by atoms with van der Waals surface area (Å²) in [7, 11) is 0. The minimum absolute atomic E-state index is 0.209. The molecular formula is C18H25NO3. The van der Waals surface area contributed by atoms with Crippen LogP contribution in [0, 0.1) is 19.8 Å². The van der Waals surface area contributed by atoms with E-state index in [0.717, 1.165) is 30.4 Å². The van der Waals surface area contributed by atoms with Gasteiger partial charge in [-0.1, -0.05) is 37.5 Å². The van der Waals surface area contributed by atoms with Crippen LogP contribution in [0.15, 0.2) is 18.2 Å². The Bertz CT molecular complexity index is 553. The Morgan fingerprint density at radius 2 is 1.95 bits per heavy atom. The van der Waals surface area contributed by atoms with E-state index in [1.54, 1.807) is 6.07 Å². The molecule has 120 valence electrons. The second-order valence-electron chi connectivity index (χ2n) is 6.33. The van der Waals surface area contributed by atoms with Gasteiger partial charge in [0.05, 0.1) is 5.56 Å². The van der Waals surface area contributed by atoms with Crippen molar-refractivity contribution in [3.8, 4) is 0 Å². The fourth-order valence-corrected chi connectivity index (χ4v) is 2.94. The van der Waals surface area contributed by atoms with Crippen LogP contribution in [0.2, 0.25) is 0 Å². The van der Waals surface area contributed by atoms with Crippen LogP contribution in [-0.4, -0.2) is 24.5 Å². The maximum atomic E-state index is 12.1. The molecule has 2 rings (SSSR count). The summed E-state index contributed by atoms with van der Waals surface area (Å²) in [4.78, 5) is 24.0. The first-order valence-corrected chi connectivity index (χ1v) is 8.01. The maximum absolute atomic E-state index is 12.1. The highest BCUT2D eigenvalue weighted by Gasteiger charge is 2.23. The summed E-state index contributed by atoms with van der Waals surface area (Å²) in [6, 6.07) is 5.83. The van der Waals surface area contributed by atoms with Crippen molar-refractivity contribution in [3.05, 3.63) is 34.9 Å². The van der Waals surface area contributed by atoms with Crippen LogP contribution in [0.25, 0.3) is 0 Å². The molecule has 0 unspecified atom stereocenters. The zero-order valence-electron chi connectivity index (χ0n) is 13.6. The van der Waals surface area contributed by atoms with Gasteiger partial charge in [0.1, 0.15) is 0 Å². The third kappa shape index (κ3) is 4.33. The first-order valence-electron chi connectivity index (χ1n) is 8.01. The van der Waals surface area contributed by atoms with Crippen LogP contribution < -0.4 is 5.32 Å². The summed E-state index contributed by atoms with van der Waals surface area (Å²) in [5.74, 6) is -0.155. The van der Waals surface area contributed by atoms with Crippen LogP contribution in [0.3, 0.4) is 0 Å². The van der Waals surface area contributed by atoms with Gasteiger partial charge in [-0.15, -0.1) is 0 Å². The van der Waals surface area contributed by atoms with Crippen LogP contribution in [0.1, 0.15) is 54.1 Å². The number of nitrogens with one attached hydrogen (secondary N) is 1. The molecule has 0 spiro atoms. The van der Waals surface area contributed by atoms with Crippen molar-refractivity contribution in [1.29, 1.82) is 0 Å². The molecule has 0 bridgehead atoms. The molecule has 1 aromatic rings. The lowest BCUT2D eigenvalue weighted by atomic mass is 9.86. The highest BCUT2D eigenvalue weighted by atomic mass is 16.5. The summed E-state index contributed by atoms with van der Waals surface area (Å²) in [5.41, 5.74) is 2.38. The smallest absolute Gasteiger partial charge is 0.338 e. The van der Waals surface area contributed by atoms with Crippen molar-refractivity contribution in [1.82, 2.24) is 5.32 Å². The van der Waals surface area contributed by atoms with E-state index in [1.807, 2.05) is 26.0 Å². The molecule has 0 saturated heterocycles. The average Bonchev–Trinajstić information content (AvgIpc) is 2.49. The zero-order valence-corrected chi connectivity index (χ0v) is 13.6. The Kier molecular flexibility index (Phi) is 5.58. The molecule has 22 heavy (non-hydrogen) atoms. The summed E-state index contributed by atoms with van der Waals surface area (Å²) in [6.45, 7) is 5.73. The number of rotatable bonds is 4. The van der Waals surface area contributed by atoms with E-state index in [4.69, 9.17) is 4.74 Å². The lowest BCUT2D eigenvalue weighted by Gasteiger charge is -2.29. The molecule has 4 heteroatoms. The average molecular weight is 303 g/mol. The van der Waals surface area contributed by atoms with Gasteiger partial charge in [-0.25, -0.2) is 4.79 Å². The van der Waals surface area contributed by atoms with Gasteiger partial charge < -0.3 is 10.1 Å². The summed E-state index contributed by atoms with van der Waals surface area (Å²) < 4.78 is 5.15. The van der Waals surface area contributed by atoms with E-state index in [0.29, 0.717) is 11.5 Å². The van der Waals surface area contributed by atoms with Gasteiger partial charge in [0, 0.05) is 6.04 Å². The van der Waals surface area contributed by atoms with Gasteiger partial charge in [0.25, 0.3) is 5.91 Å². The van der Waals surface area contributed by atoms with Gasteiger partial charge in [-0.2, -0.15) is 0 Å². The lowest BCUT2D eigenvalue weighted by molar-refractivity contribution is -0.125. The van der Waals surface area contributed by atoms with E-state index < -0.39 is 5.97 Å². The van der Waals surface area contributed by atoms with E-state index >= 15 is 0 Å². The highest BCUT2D eigenvalue weighted by Crippen LogP contribution is 2.23. The third-order valence-electron chi connectivity index (χ3n) is 4.41. The number of carbonyl (C=O) groups excluding carboxylic acids is 2. The number of aryl methyl sites for hydroxylation is 2. The minimum Gasteiger partial charge on any atom is -0.452 e. The number of ether oxygens (including phenoxy) is 1. The summed E-state index contributed by atoms with van der Waals surface area (Å²) >= 11 is 0.